The molecule has 5 heteroatoms. The molecule has 0 heterocycles. The molecule has 1 aromatic carbocycles. The lowest BCUT2D eigenvalue weighted by atomic mass is 10.0. The van der Waals surface area contributed by atoms with Crippen molar-refractivity contribution in [3.05, 3.63) is 29.8 Å². The normalized spacial score (nSPS) is 12.0. The van der Waals surface area contributed by atoms with E-state index >= 15 is 0 Å². The number of anilines is 1. The second kappa shape index (κ2) is 7.67. The monoisotopic (exact) mass is 292 g/mol. The summed E-state index contributed by atoms with van der Waals surface area (Å²) in [6, 6.07) is 7.00. The number of urea groups is 1. The number of carbonyl (C=O) groups excluding carboxylic acids is 1. The van der Waals surface area contributed by atoms with E-state index in [2.05, 4.69) is 5.32 Å². The number of rotatable bonds is 6. The number of carboxylic acids is 1. The Morgan fingerprint density at radius 3 is 2.38 bits per heavy atom. The third kappa shape index (κ3) is 4.77. The van der Waals surface area contributed by atoms with Crippen LogP contribution in [0.25, 0.3) is 0 Å². The molecule has 0 fully saturated rings. The minimum atomic E-state index is -0.909. The first-order valence-electron chi connectivity index (χ1n) is 7.22. The standard InChI is InChI=1S/C16H24N2O3/c1-5-18(14-9-7-6-8-12(14)4)16(21)17-13(11(2)3)10-15(19)20/h6-9,11,13H,5,10H2,1-4H3,(H,17,21)(H,19,20). The second-order valence-electron chi connectivity index (χ2n) is 5.43. The Morgan fingerprint density at radius 1 is 1.29 bits per heavy atom. The van der Waals surface area contributed by atoms with E-state index in [1.165, 1.54) is 0 Å². The Bertz CT molecular complexity index is 500. The fourth-order valence-corrected chi connectivity index (χ4v) is 2.17. The number of nitrogens with zero attached hydrogens (tertiary/aromatic N) is 1. The van der Waals surface area contributed by atoms with Crippen LogP contribution in [0.5, 0.6) is 0 Å². The molecule has 5 nitrogen and oxygen atoms in total. The van der Waals surface area contributed by atoms with Crippen molar-refractivity contribution in [2.24, 2.45) is 5.92 Å². The van der Waals surface area contributed by atoms with Crippen LogP contribution in [0.2, 0.25) is 0 Å². The molecule has 0 bridgehead atoms. The lowest BCUT2D eigenvalue weighted by Gasteiger charge is -2.27. The van der Waals surface area contributed by atoms with E-state index in [0.717, 1.165) is 11.3 Å². The summed E-state index contributed by atoms with van der Waals surface area (Å²) in [6.07, 6.45) is -0.0747. The van der Waals surface area contributed by atoms with Gasteiger partial charge in [0, 0.05) is 18.3 Å². The number of aryl methyl sites for hydroxylation is 1. The Kier molecular flexibility index (Phi) is 6.21. The summed E-state index contributed by atoms with van der Waals surface area (Å²) in [6.45, 7) is 8.17. The van der Waals surface area contributed by atoms with Gasteiger partial charge >= 0.3 is 12.0 Å². The maximum atomic E-state index is 12.4. The summed E-state index contributed by atoms with van der Waals surface area (Å²) in [5.41, 5.74) is 1.85. The zero-order valence-corrected chi connectivity index (χ0v) is 13.1. The number of carbonyl (C=O) groups is 2. The van der Waals surface area contributed by atoms with Gasteiger partial charge < -0.3 is 10.4 Å². The van der Waals surface area contributed by atoms with E-state index < -0.39 is 5.97 Å². The highest BCUT2D eigenvalue weighted by Crippen LogP contribution is 2.19. The van der Waals surface area contributed by atoms with Crippen LogP contribution in [0.4, 0.5) is 10.5 Å². The molecule has 0 saturated heterocycles. The van der Waals surface area contributed by atoms with Gasteiger partial charge in [-0.3, -0.25) is 9.69 Å². The number of benzene rings is 1. The average Bonchev–Trinajstić information content (AvgIpc) is 2.40. The van der Waals surface area contributed by atoms with Crippen molar-refractivity contribution in [1.82, 2.24) is 5.32 Å². The van der Waals surface area contributed by atoms with Crippen LogP contribution in [0.15, 0.2) is 24.3 Å². The maximum Gasteiger partial charge on any atom is 0.322 e. The first kappa shape index (κ1) is 17.0. The predicted molar refractivity (Wildman–Crippen MR) is 83.6 cm³/mol. The van der Waals surface area contributed by atoms with Crippen molar-refractivity contribution >= 4 is 17.7 Å². The molecule has 0 aliphatic rings. The topological polar surface area (TPSA) is 69.6 Å². The summed E-state index contributed by atoms with van der Waals surface area (Å²) < 4.78 is 0. The van der Waals surface area contributed by atoms with Crippen LogP contribution in [-0.2, 0) is 4.79 Å². The third-order valence-electron chi connectivity index (χ3n) is 3.48. The van der Waals surface area contributed by atoms with E-state index in [0.29, 0.717) is 6.54 Å². The molecule has 0 aliphatic heterocycles. The quantitative estimate of drug-likeness (QED) is 0.846. The Hall–Kier alpha value is -2.04. The molecule has 0 radical (unpaired) electrons. The van der Waals surface area contributed by atoms with Crippen LogP contribution in [0, 0.1) is 12.8 Å². The van der Waals surface area contributed by atoms with Crippen LogP contribution < -0.4 is 10.2 Å². The summed E-state index contributed by atoms with van der Waals surface area (Å²) in [7, 11) is 0. The van der Waals surface area contributed by atoms with Gasteiger partial charge in [0.15, 0.2) is 0 Å². The van der Waals surface area contributed by atoms with Crippen LogP contribution in [-0.4, -0.2) is 29.7 Å². The minimum Gasteiger partial charge on any atom is -0.481 e. The zero-order valence-electron chi connectivity index (χ0n) is 13.1. The summed E-state index contributed by atoms with van der Waals surface area (Å²) in [5.74, 6) is -0.853. The molecule has 21 heavy (non-hydrogen) atoms. The number of para-hydroxylation sites is 1. The number of carboxylic acid groups (broad SMARTS) is 1. The highest BCUT2D eigenvalue weighted by Gasteiger charge is 2.23. The number of amides is 2. The molecule has 116 valence electrons. The predicted octanol–water partition coefficient (Wildman–Crippen LogP) is 3.03. The van der Waals surface area contributed by atoms with Gasteiger partial charge in [0.2, 0.25) is 0 Å². The van der Waals surface area contributed by atoms with Gasteiger partial charge in [-0.2, -0.15) is 0 Å². The van der Waals surface area contributed by atoms with Crippen molar-refractivity contribution < 1.29 is 14.7 Å². The summed E-state index contributed by atoms with van der Waals surface area (Å²) in [4.78, 5) is 25.0. The smallest absolute Gasteiger partial charge is 0.322 e. The molecule has 1 rings (SSSR count). The molecule has 2 amide bonds. The van der Waals surface area contributed by atoms with E-state index in [1.807, 2.05) is 52.0 Å². The Labute approximate surface area is 126 Å². The first-order chi connectivity index (χ1) is 9.86. The SMILES string of the molecule is CCN(C(=O)NC(CC(=O)O)C(C)C)c1ccccc1C. The largest absolute Gasteiger partial charge is 0.481 e. The van der Waals surface area contributed by atoms with E-state index in [-0.39, 0.29) is 24.4 Å². The van der Waals surface area contributed by atoms with E-state index in [4.69, 9.17) is 5.11 Å². The average molecular weight is 292 g/mol. The molecule has 0 aromatic heterocycles. The van der Waals surface area contributed by atoms with Crippen LogP contribution in [0.3, 0.4) is 0 Å². The molecule has 1 aromatic rings. The molecule has 1 atom stereocenters. The van der Waals surface area contributed by atoms with Crippen molar-refractivity contribution in [1.29, 1.82) is 0 Å². The number of hydrogen-bond donors (Lipinski definition) is 2. The first-order valence-corrected chi connectivity index (χ1v) is 7.22. The van der Waals surface area contributed by atoms with Gasteiger partial charge in [0.25, 0.3) is 0 Å². The van der Waals surface area contributed by atoms with Gasteiger partial charge in [0.1, 0.15) is 0 Å². The van der Waals surface area contributed by atoms with Gasteiger partial charge in [-0.1, -0.05) is 32.0 Å². The van der Waals surface area contributed by atoms with E-state index in [1.54, 1.807) is 4.90 Å². The maximum absolute atomic E-state index is 12.4. The van der Waals surface area contributed by atoms with E-state index in [9.17, 15) is 9.59 Å². The van der Waals surface area contributed by atoms with Gasteiger partial charge in [-0.15, -0.1) is 0 Å². The van der Waals surface area contributed by atoms with Gasteiger partial charge in [0.05, 0.1) is 6.42 Å². The number of hydrogen-bond acceptors (Lipinski definition) is 2. The highest BCUT2D eigenvalue weighted by atomic mass is 16.4. The van der Waals surface area contributed by atoms with Crippen molar-refractivity contribution in [3.63, 3.8) is 0 Å². The lowest BCUT2D eigenvalue weighted by Crippen LogP contribution is -2.47. The van der Waals surface area contributed by atoms with Crippen LogP contribution in [0.1, 0.15) is 32.8 Å². The van der Waals surface area contributed by atoms with Crippen molar-refractivity contribution in [2.45, 2.75) is 40.2 Å². The minimum absolute atomic E-state index is 0.0561. The molecule has 1 unspecified atom stereocenters. The molecular weight excluding hydrogens is 268 g/mol. The third-order valence-corrected chi connectivity index (χ3v) is 3.48. The molecule has 0 aliphatic carbocycles. The molecule has 0 saturated carbocycles. The van der Waals surface area contributed by atoms with Crippen molar-refractivity contribution in [3.8, 4) is 0 Å². The Morgan fingerprint density at radius 2 is 1.90 bits per heavy atom. The highest BCUT2D eigenvalue weighted by molar-refractivity contribution is 5.93. The van der Waals surface area contributed by atoms with Gasteiger partial charge in [-0.05, 0) is 31.4 Å². The zero-order chi connectivity index (χ0) is 16.0. The molecular formula is C16H24N2O3. The van der Waals surface area contributed by atoms with Gasteiger partial charge in [-0.25, -0.2) is 4.79 Å². The fourth-order valence-electron chi connectivity index (χ4n) is 2.17. The number of aliphatic carboxylic acids is 1. The molecule has 2 N–H and O–H groups in total. The lowest BCUT2D eigenvalue weighted by molar-refractivity contribution is -0.137. The Balaban J connectivity index is 2.88. The van der Waals surface area contributed by atoms with Crippen LogP contribution >= 0.6 is 0 Å². The second-order valence-corrected chi connectivity index (χ2v) is 5.43. The number of nitrogens with one attached hydrogen (secondary N) is 1. The summed E-state index contributed by atoms with van der Waals surface area (Å²) >= 11 is 0. The van der Waals surface area contributed by atoms with Crippen molar-refractivity contribution in [2.75, 3.05) is 11.4 Å². The fraction of sp³-hybridized carbons (Fsp3) is 0.500. The summed E-state index contributed by atoms with van der Waals surface area (Å²) in [5, 5.41) is 11.8. The molecule has 0 spiro atoms.